The van der Waals surface area contributed by atoms with Crippen molar-refractivity contribution in [2.75, 3.05) is 19.6 Å². The van der Waals surface area contributed by atoms with Gasteiger partial charge in [-0.2, -0.15) is 0 Å². The SMILES string of the molecule is CCN1CCCC(NC(C)c2nccs2)C1. The van der Waals surface area contributed by atoms with E-state index in [4.69, 9.17) is 0 Å². The number of hydrogen-bond acceptors (Lipinski definition) is 4. The lowest BCUT2D eigenvalue weighted by molar-refractivity contribution is 0.192. The highest BCUT2D eigenvalue weighted by Crippen LogP contribution is 2.18. The molecule has 0 aliphatic carbocycles. The summed E-state index contributed by atoms with van der Waals surface area (Å²) in [6, 6.07) is 1.02. The summed E-state index contributed by atoms with van der Waals surface area (Å²) in [4.78, 5) is 6.89. The van der Waals surface area contributed by atoms with Crippen LogP contribution >= 0.6 is 11.3 Å². The van der Waals surface area contributed by atoms with Crippen LogP contribution in [0.1, 0.15) is 37.7 Å². The number of likely N-dealkylation sites (tertiary alicyclic amines) is 1. The molecule has 2 heterocycles. The highest BCUT2D eigenvalue weighted by atomic mass is 32.1. The van der Waals surface area contributed by atoms with Gasteiger partial charge in [0.2, 0.25) is 0 Å². The fourth-order valence-corrected chi connectivity index (χ4v) is 3.01. The molecule has 90 valence electrons. The van der Waals surface area contributed by atoms with Crippen LogP contribution in [0.2, 0.25) is 0 Å². The highest BCUT2D eigenvalue weighted by Gasteiger charge is 2.20. The summed E-state index contributed by atoms with van der Waals surface area (Å²) in [6.07, 6.45) is 4.50. The number of nitrogens with one attached hydrogen (secondary N) is 1. The minimum atomic E-state index is 0.391. The van der Waals surface area contributed by atoms with Gasteiger partial charge in [0.15, 0.2) is 0 Å². The zero-order valence-corrected chi connectivity index (χ0v) is 11.0. The molecule has 3 nitrogen and oxygen atoms in total. The van der Waals surface area contributed by atoms with Gasteiger partial charge in [-0.05, 0) is 32.9 Å². The van der Waals surface area contributed by atoms with Crippen LogP contribution in [0.4, 0.5) is 0 Å². The summed E-state index contributed by atoms with van der Waals surface area (Å²) in [5.74, 6) is 0. The van der Waals surface area contributed by atoms with E-state index < -0.39 is 0 Å². The molecule has 1 aliphatic heterocycles. The van der Waals surface area contributed by atoms with Crippen LogP contribution in [0.5, 0.6) is 0 Å². The number of piperidine rings is 1. The third-order valence-corrected chi connectivity index (χ3v) is 4.22. The van der Waals surface area contributed by atoms with Crippen molar-refractivity contribution >= 4 is 11.3 Å². The summed E-state index contributed by atoms with van der Waals surface area (Å²) in [6.45, 7) is 8.08. The molecule has 2 unspecified atom stereocenters. The Bertz CT molecular complexity index is 299. The topological polar surface area (TPSA) is 28.2 Å². The summed E-state index contributed by atoms with van der Waals surface area (Å²) < 4.78 is 0. The molecule has 0 amide bonds. The van der Waals surface area contributed by atoms with E-state index in [2.05, 4.69) is 29.0 Å². The van der Waals surface area contributed by atoms with Gasteiger partial charge < -0.3 is 10.2 Å². The average molecular weight is 239 g/mol. The number of nitrogens with zero attached hydrogens (tertiary/aromatic N) is 2. The van der Waals surface area contributed by atoms with Crippen molar-refractivity contribution in [3.63, 3.8) is 0 Å². The molecule has 0 spiro atoms. The Morgan fingerprint density at radius 2 is 2.56 bits per heavy atom. The zero-order valence-electron chi connectivity index (χ0n) is 10.1. The second-order valence-corrected chi connectivity index (χ2v) is 5.42. The first-order chi connectivity index (χ1) is 7.79. The largest absolute Gasteiger partial charge is 0.304 e. The lowest BCUT2D eigenvalue weighted by Gasteiger charge is -2.33. The Hall–Kier alpha value is -0.450. The normalized spacial score (nSPS) is 24.5. The first kappa shape index (κ1) is 12.0. The Morgan fingerprint density at radius 3 is 3.25 bits per heavy atom. The fraction of sp³-hybridized carbons (Fsp3) is 0.750. The van der Waals surface area contributed by atoms with E-state index in [1.807, 2.05) is 11.6 Å². The van der Waals surface area contributed by atoms with Crippen LogP contribution in [0.3, 0.4) is 0 Å². The fourth-order valence-electron chi connectivity index (χ4n) is 2.35. The van der Waals surface area contributed by atoms with Gasteiger partial charge in [-0.15, -0.1) is 11.3 Å². The van der Waals surface area contributed by atoms with E-state index in [0.717, 1.165) is 0 Å². The van der Waals surface area contributed by atoms with Gasteiger partial charge in [-0.3, -0.25) is 0 Å². The van der Waals surface area contributed by atoms with E-state index in [9.17, 15) is 0 Å². The molecule has 1 aromatic heterocycles. The maximum Gasteiger partial charge on any atom is 0.109 e. The third-order valence-electron chi connectivity index (χ3n) is 3.26. The molecule has 0 bridgehead atoms. The van der Waals surface area contributed by atoms with Crippen LogP contribution in [-0.4, -0.2) is 35.6 Å². The van der Waals surface area contributed by atoms with Crippen LogP contribution in [-0.2, 0) is 0 Å². The lowest BCUT2D eigenvalue weighted by Crippen LogP contribution is -2.46. The molecule has 1 aliphatic rings. The quantitative estimate of drug-likeness (QED) is 0.873. The summed E-state index contributed by atoms with van der Waals surface area (Å²) in [5, 5.41) is 6.94. The van der Waals surface area contributed by atoms with Crippen molar-refractivity contribution in [2.45, 2.75) is 38.8 Å². The van der Waals surface area contributed by atoms with E-state index in [0.29, 0.717) is 12.1 Å². The van der Waals surface area contributed by atoms with Crippen LogP contribution in [0, 0.1) is 0 Å². The third kappa shape index (κ3) is 3.03. The number of aromatic nitrogens is 1. The minimum absolute atomic E-state index is 0.391. The van der Waals surface area contributed by atoms with Crippen molar-refractivity contribution in [3.8, 4) is 0 Å². The first-order valence-electron chi connectivity index (χ1n) is 6.17. The van der Waals surface area contributed by atoms with Crippen molar-refractivity contribution in [2.24, 2.45) is 0 Å². The van der Waals surface area contributed by atoms with E-state index in [1.165, 1.54) is 37.5 Å². The van der Waals surface area contributed by atoms with E-state index >= 15 is 0 Å². The van der Waals surface area contributed by atoms with Crippen LogP contribution < -0.4 is 5.32 Å². The van der Waals surface area contributed by atoms with Crippen LogP contribution in [0.15, 0.2) is 11.6 Å². The molecule has 1 saturated heterocycles. The molecule has 0 radical (unpaired) electrons. The average Bonchev–Trinajstić information content (AvgIpc) is 2.83. The number of hydrogen-bond donors (Lipinski definition) is 1. The van der Waals surface area contributed by atoms with Gasteiger partial charge in [0.1, 0.15) is 5.01 Å². The van der Waals surface area contributed by atoms with E-state index in [1.54, 1.807) is 11.3 Å². The van der Waals surface area contributed by atoms with Crippen LogP contribution in [0.25, 0.3) is 0 Å². The molecular weight excluding hydrogens is 218 g/mol. The van der Waals surface area contributed by atoms with Gasteiger partial charge in [0, 0.05) is 24.2 Å². The van der Waals surface area contributed by atoms with Gasteiger partial charge in [0.05, 0.1) is 6.04 Å². The van der Waals surface area contributed by atoms with Crippen molar-refractivity contribution in [3.05, 3.63) is 16.6 Å². The molecular formula is C12H21N3S. The first-order valence-corrected chi connectivity index (χ1v) is 7.05. The monoisotopic (exact) mass is 239 g/mol. The molecule has 1 aromatic rings. The Labute approximate surface area is 102 Å². The molecule has 2 rings (SSSR count). The van der Waals surface area contributed by atoms with Crippen molar-refractivity contribution < 1.29 is 0 Å². The maximum absolute atomic E-state index is 4.36. The number of rotatable bonds is 4. The number of thiazole rings is 1. The molecule has 4 heteroatoms. The maximum atomic E-state index is 4.36. The molecule has 1 N–H and O–H groups in total. The van der Waals surface area contributed by atoms with Crippen molar-refractivity contribution in [1.29, 1.82) is 0 Å². The van der Waals surface area contributed by atoms with Crippen molar-refractivity contribution in [1.82, 2.24) is 15.2 Å². The number of likely N-dealkylation sites (N-methyl/N-ethyl adjacent to an activating group) is 1. The second-order valence-electron chi connectivity index (χ2n) is 4.49. The predicted molar refractivity (Wildman–Crippen MR) is 68.8 cm³/mol. The molecule has 1 fully saturated rings. The standard InChI is InChI=1S/C12H21N3S/c1-3-15-7-4-5-11(9-15)14-10(2)12-13-6-8-16-12/h6,8,10-11,14H,3-5,7,9H2,1-2H3. The smallest absolute Gasteiger partial charge is 0.109 e. The highest BCUT2D eigenvalue weighted by molar-refractivity contribution is 7.09. The van der Waals surface area contributed by atoms with Gasteiger partial charge in [0.25, 0.3) is 0 Å². The Kier molecular flexibility index (Phi) is 4.32. The lowest BCUT2D eigenvalue weighted by atomic mass is 10.1. The Morgan fingerprint density at radius 1 is 1.69 bits per heavy atom. The molecule has 0 saturated carbocycles. The summed E-state index contributed by atoms with van der Waals surface area (Å²) in [5.41, 5.74) is 0. The molecule has 2 atom stereocenters. The van der Waals surface area contributed by atoms with Gasteiger partial charge in [-0.1, -0.05) is 6.92 Å². The van der Waals surface area contributed by atoms with Gasteiger partial charge >= 0.3 is 0 Å². The predicted octanol–water partition coefficient (Wildman–Crippen LogP) is 2.28. The van der Waals surface area contributed by atoms with E-state index in [-0.39, 0.29) is 0 Å². The summed E-state index contributed by atoms with van der Waals surface area (Å²) in [7, 11) is 0. The molecule has 16 heavy (non-hydrogen) atoms. The molecule has 0 aromatic carbocycles. The Balaban J connectivity index is 1.84. The van der Waals surface area contributed by atoms with Gasteiger partial charge in [-0.25, -0.2) is 4.98 Å². The second kappa shape index (κ2) is 5.75. The zero-order chi connectivity index (χ0) is 11.4. The minimum Gasteiger partial charge on any atom is -0.304 e. The summed E-state index contributed by atoms with van der Waals surface area (Å²) >= 11 is 1.74.